The number of aromatic nitrogens is 2. The third-order valence-electron chi connectivity index (χ3n) is 3.04. The quantitative estimate of drug-likeness (QED) is 0.826. The first-order valence-corrected chi connectivity index (χ1v) is 7.83. The van der Waals surface area contributed by atoms with E-state index in [1.165, 1.54) is 12.5 Å². The Labute approximate surface area is 118 Å². The third-order valence-corrected chi connectivity index (χ3v) is 4.33. The lowest BCUT2D eigenvalue weighted by Gasteiger charge is -2.08. The number of hydrogen-bond donors (Lipinski definition) is 2. The number of nitrogens with two attached hydrogens (primary N) is 1. The monoisotopic (exact) mass is 294 g/mol. The standard InChI is InChI=1S/C13H18N4O2S/c1-2-17-9-13(15-10-17)20(18,19)16-8-12-6-4-3-5-11(12)7-14/h3-6,9-10,16H,2,7-8,14H2,1H3. The Morgan fingerprint density at radius 2 is 2.00 bits per heavy atom. The van der Waals surface area contributed by atoms with Gasteiger partial charge in [0.1, 0.15) is 0 Å². The molecule has 0 amide bonds. The largest absolute Gasteiger partial charge is 0.336 e. The zero-order valence-corrected chi connectivity index (χ0v) is 12.1. The van der Waals surface area contributed by atoms with Crippen molar-refractivity contribution in [2.45, 2.75) is 31.6 Å². The molecule has 1 aromatic heterocycles. The van der Waals surface area contributed by atoms with E-state index in [4.69, 9.17) is 5.73 Å². The van der Waals surface area contributed by atoms with E-state index < -0.39 is 10.0 Å². The second-order valence-electron chi connectivity index (χ2n) is 4.34. The third kappa shape index (κ3) is 3.24. The molecule has 6 nitrogen and oxygen atoms in total. The lowest BCUT2D eigenvalue weighted by atomic mass is 10.1. The predicted octanol–water partition coefficient (Wildman–Crippen LogP) is 0.840. The molecule has 0 aliphatic carbocycles. The molecule has 7 heteroatoms. The van der Waals surface area contributed by atoms with Crippen LogP contribution in [-0.2, 0) is 29.7 Å². The van der Waals surface area contributed by atoms with Crippen molar-refractivity contribution in [2.75, 3.05) is 0 Å². The second kappa shape index (κ2) is 6.17. The van der Waals surface area contributed by atoms with Crippen molar-refractivity contribution in [3.63, 3.8) is 0 Å². The summed E-state index contributed by atoms with van der Waals surface area (Å²) in [5.41, 5.74) is 7.42. The summed E-state index contributed by atoms with van der Waals surface area (Å²) in [6, 6.07) is 7.47. The van der Waals surface area contributed by atoms with Gasteiger partial charge in [0.2, 0.25) is 0 Å². The summed E-state index contributed by atoms with van der Waals surface area (Å²) in [6.07, 6.45) is 3.01. The van der Waals surface area contributed by atoms with Crippen LogP contribution in [0.4, 0.5) is 0 Å². The lowest BCUT2D eigenvalue weighted by molar-refractivity contribution is 0.577. The minimum absolute atomic E-state index is 0.0320. The Hall–Kier alpha value is -1.70. The summed E-state index contributed by atoms with van der Waals surface area (Å²) >= 11 is 0. The highest BCUT2D eigenvalue weighted by atomic mass is 32.2. The van der Waals surface area contributed by atoms with E-state index in [2.05, 4.69) is 9.71 Å². The average molecular weight is 294 g/mol. The molecule has 0 unspecified atom stereocenters. The number of hydrogen-bond acceptors (Lipinski definition) is 4. The Morgan fingerprint density at radius 3 is 2.60 bits per heavy atom. The van der Waals surface area contributed by atoms with Gasteiger partial charge in [0, 0.05) is 25.8 Å². The average Bonchev–Trinajstić information content (AvgIpc) is 2.95. The molecule has 0 aliphatic heterocycles. The molecule has 0 fully saturated rings. The maximum absolute atomic E-state index is 12.1. The van der Waals surface area contributed by atoms with Gasteiger partial charge in [-0.3, -0.25) is 0 Å². The summed E-state index contributed by atoms with van der Waals surface area (Å²) in [7, 11) is -3.60. The fourth-order valence-electron chi connectivity index (χ4n) is 1.83. The van der Waals surface area contributed by atoms with Crippen LogP contribution in [0.3, 0.4) is 0 Å². The van der Waals surface area contributed by atoms with Gasteiger partial charge >= 0.3 is 0 Å². The Morgan fingerprint density at radius 1 is 1.30 bits per heavy atom. The molecule has 1 aromatic carbocycles. The molecule has 108 valence electrons. The summed E-state index contributed by atoms with van der Waals surface area (Å²) < 4.78 is 28.5. The first kappa shape index (κ1) is 14.7. The topological polar surface area (TPSA) is 90.0 Å². The zero-order valence-electron chi connectivity index (χ0n) is 11.3. The van der Waals surface area contributed by atoms with Crippen LogP contribution in [-0.4, -0.2) is 18.0 Å². The number of nitrogens with one attached hydrogen (secondary N) is 1. The van der Waals surface area contributed by atoms with Crippen molar-refractivity contribution < 1.29 is 8.42 Å². The summed E-state index contributed by atoms with van der Waals surface area (Å²) in [4.78, 5) is 3.90. The van der Waals surface area contributed by atoms with E-state index >= 15 is 0 Å². The van der Waals surface area contributed by atoms with Crippen LogP contribution in [0.25, 0.3) is 0 Å². The van der Waals surface area contributed by atoms with Crippen molar-refractivity contribution in [1.82, 2.24) is 14.3 Å². The molecule has 1 heterocycles. The molecule has 0 aliphatic rings. The van der Waals surface area contributed by atoms with Crippen molar-refractivity contribution in [1.29, 1.82) is 0 Å². The fraction of sp³-hybridized carbons (Fsp3) is 0.308. The highest BCUT2D eigenvalue weighted by Crippen LogP contribution is 2.10. The Balaban J connectivity index is 2.13. The number of rotatable bonds is 6. The maximum Gasteiger partial charge on any atom is 0.259 e. The summed E-state index contributed by atoms with van der Waals surface area (Å²) in [6.45, 7) is 3.18. The highest BCUT2D eigenvalue weighted by molar-refractivity contribution is 7.89. The van der Waals surface area contributed by atoms with E-state index in [1.807, 2.05) is 31.2 Å². The van der Waals surface area contributed by atoms with Crippen LogP contribution >= 0.6 is 0 Å². The molecule has 0 bridgehead atoms. The molecular weight excluding hydrogens is 276 g/mol. The normalized spacial score (nSPS) is 11.7. The molecule has 0 saturated heterocycles. The lowest BCUT2D eigenvalue weighted by Crippen LogP contribution is -2.24. The Kier molecular flexibility index (Phi) is 4.53. The van der Waals surface area contributed by atoms with Crippen LogP contribution in [0, 0.1) is 0 Å². The van der Waals surface area contributed by atoms with Gasteiger partial charge in [-0.05, 0) is 18.1 Å². The van der Waals surface area contributed by atoms with Crippen molar-refractivity contribution in [2.24, 2.45) is 5.73 Å². The zero-order chi connectivity index (χ0) is 14.6. The number of sulfonamides is 1. The SMILES string of the molecule is CCn1cnc(S(=O)(=O)NCc2ccccc2CN)c1. The van der Waals surface area contributed by atoms with E-state index in [0.29, 0.717) is 13.1 Å². The molecular formula is C13H18N4O2S. The van der Waals surface area contributed by atoms with Gasteiger partial charge in [-0.15, -0.1) is 0 Å². The van der Waals surface area contributed by atoms with E-state index in [-0.39, 0.29) is 11.6 Å². The van der Waals surface area contributed by atoms with Gasteiger partial charge in [0.25, 0.3) is 10.0 Å². The van der Waals surface area contributed by atoms with Crippen LogP contribution < -0.4 is 10.5 Å². The highest BCUT2D eigenvalue weighted by Gasteiger charge is 2.17. The molecule has 0 saturated carbocycles. The summed E-state index contributed by atoms with van der Waals surface area (Å²) in [5, 5.41) is 0.0320. The maximum atomic E-state index is 12.1. The molecule has 2 aromatic rings. The van der Waals surface area contributed by atoms with Gasteiger partial charge in [0.05, 0.1) is 6.33 Å². The Bertz CT molecular complexity index is 679. The van der Waals surface area contributed by atoms with Crippen molar-refractivity contribution >= 4 is 10.0 Å². The van der Waals surface area contributed by atoms with E-state index in [0.717, 1.165) is 11.1 Å². The van der Waals surface area contributed by atoms with Gasteiger partial charge in [-0.2, -0.15) is 0 Å². The number of nitrogens with zero attached hydrogens (tertiary/aromatic N) is 2. The van der Waals surface area contributed by atoms with E-state index in [9.17, 15) is 8.42 Å². The van der Waals surface area contributed by atoms with Gasteiger partial charge in [-0.25, -0.2) is 18.1 Å². The van der Waals surface area contributed by atoms with Crippen molar-refractivity contribution in [3.8, 4) is 0 Å². The molecule has 2 rings (SSSR count). The smallest absolute Gasteiger partial charge is 0.259 e. The fourth-order valence-corrected chi connectivity index (χ4v) is 2.78. The predicted molar refractivity (Wildman–Crippen MR) is 76.3 cm³/mol. The number of benzene rings is 1. The van der Waals surface area contributed by atoms with Crippen molar-refractivity contribution in [3.05, 3.63) is 47.9 Å². The molecule has 0 atom stereocenters. The molecule has 0 radical (unpaired) electrons. The minimum Gasteiger partial charge on any atom is -0.336 e. The van der Waals surface area contributed by atoms with Gasteiger partial charge in [0.15, 0.2) is 5.03 Å². The molecule has 20 heavy (non-hydrogen) atoms. The molecule has 0 spiro atoms. The van der Waals surface area contributed by atoms with Gasteiger partial charge in [-0.1, -0.05) is 24.3 Å². The first-order chi connectivity index (χ1) is 9.56. The minimum atomic E-state index is -3.60. The van der Waals surface area contributed by atoms with Crippen LogP contribution in [0.2, 0.25) is 0 Å². The molecule has 3 N–H and O–H groups in total. The van der Waals surface area contributed by atoms with Gasteiger partial charge < -0.3 is 10.3 Å². The second-order valence-corrected chi connectivity index (χ2v) is 6.05. The van der Waals surface area contributed by atoms with Crippen LogP contribution in [0.5, 0.6) is 0 Å². The number of imidazole rings is 1. The van der Waals surface area contributed by atoms with Crippen LogP contribution in [0.15, 0.2) is 41.8 Å². The van der Waals surface area contributed by atoms with Crippen LogP contribution in [0.1, 0.15) is 18.1 Å². The van der Waals surface area contributed by atoms with E-state index in [1.54, 1.807) is 4.57 Å². The first-order valence-electron chi connectivity index (χ1n) is 6.35. The summed E-state index contributed by atoms with van der Waals surface area (Å²) in [5.74, 6) is 0. The number of aryl methyl sites for hydroxylation is 1.